The quantitative estimate of drug-likeness (QED) is 0.848. The molecule has 0 aromatic heterocycles. The molecule has 1 aromatic rings. The number of Topliss-reactive ketones (excluding diaryl/α,β-unsaturated/α-hetero) is 1. The molecule has 0 atom stereocenters. The standard InChI is InChI=1S/C11H8BrNO2/c12-9-3-1-2-8(10(9)15)11(6-13)4-7(14)5-11/h1-3,15H,4-5H2. The van der Waals surface area contributed by atoms with E-state index in [2.05, 4.69) is 22.0 Å². The van der Waals surface area contributed by atoms with Gasteiger partial charge in [0, 0.05) is 18.4 Å². The fourth-order valence-electron chi connectivity index (χ4n) is 1.85. The van der Waals surface area contributed by atoms with Crippen LogP contribution in [0.2, 0.25) is 0 Å². The van der Waals surface area contributed by atoms with E-state index < -0.39 is 5.41 Å². The summed E-state index contributed by atoms with van der Waals surface area (Å²) in [5.74, 6) is 0.127. The van der Waals surface area contributed by atoms with E-state index in [9.17, 15) is 9.90 Å². The molecule has 0 heterocycles. The van der Waals surface area contributed by atoms with Gasteiger partial charge in [-0.15, -0.1) is 0 Å². The SMILES string of the molecule is N#CC1(c2cccc(Br)c2O)CC(=O)C1. The Labute approximate surface area is 95.5 Å². The molecule has 0 amide bonds. The molecule has 1 aromatic carbocycles. The second kappa shape index (κ2) is 3.35. The third-order valence-corrected chi connectivity index (χ3v) is 3.35. The average Bonchev–Trinajstić information content (AvgIpc) is 2.17. The minimum Gasteiger partial charge on any atom is -0.506 e. The highest BCUT2D eigenvalue weighted by Gasteiger charge is 2.47. The molecular formula is C11H8BrNO2. The highest BCUT2D eigenvalue weighted by molar-refractivity contribution is 9.10. The molecular weight excluding hydrogens is 258 g/mol. The van der Waals surface area contributed by atoms with Crippen molar-refractivity contribution in [1.82, 2.24) is 0 Å². The molecule has 1 fully saturated rings. The summed E-state index contributed by atoms with van der Waals surface area (Å²) in [5, 5.41) is 18.9. The van der Waals surface area contributed by atoms with Gasteiger partial charge in [0.2, 0.25) is 0 Å². The van der Waals surface area contributed by atoms with Gasteiger partial charge >= 0.3 is 0 Å². The Morgan fingerprint density at radius 1 is 1.47 bits per heavy atom. The van der Waals surface area contributed by atoms with Crippen LogP contribution in [0, 0.1) is 11.3 Å². The van der Waals surface area contributed by atoms with E-state index in [0.717, 1.165) is 0 Å². The zero-order valence-corrected chi connectivity index (χ0v) is 9.41. The molecule has 0 aliphatic heterocycles. The third-order valence-electron chi connectivity index (χ3n) is 2.71. The van der Waals surface area contributed by atoms with Crippen LogP contribution in [-0.2, 0) is 10.2 Å². The first-order valence-electron chi connectivity index (χ1n) is 4.50. The van der Waals surface area contributed by atoms with E-state index in [0.29, 0.717) is 10.0 Å². The van der Waals surface area contributed by atoms with Crippen LogP contribution in [0.15, 0.2) is 22.7 Å². The molecule has 76 valence electrons. The van der Waals surface area contributed by atoms with Crippen molar-refractivity contribution in [3.05, 3.63) is 28.2 Å². The predicted octanol–water partition coefficient (Wildman–Crippen LogP) is 2.28. The van der Waals surface area contributed by atoms with Gasteiger partial charge in [0.15, 0.2) is 0 Å². The number of hydrogen-bond acceptors (Lipinski definition) is 3. The van der Waals surface area contributed by atoms with Gasteiger partial charge in [-0.05, 0) is 22.0 Å². The summed E-state index contributed by atoms with van der Waals surface area (Å²) in [7, 11) is 0. The summed E-state index contributed by atoms with van der Waals surface area (Å²) < 4.78 is 0.550. The maximum absolute atomic E-state index is 11.0. The molecule has 2 rings (SSSR count). The lowest BCUT2D eigenvalue weighted by Gasteiger charge is -2.34. The number of halogens is 1. The van der Waals surface area contributed by atoms with Gasteiger partial charge in [0.1, 0.15) is 11.5 Å². The van der Waals surface area contributed by atoms with Crippen molar-refractivity contribution in [1.29, 1.82) is 5.26 Å². The van der Waals surface area contributed by atoms with Crippen LogP contribution in [0.25, 0.3) is 0 Å². The van der Waals surface area contributed by atoms with Crippen molar-refractivity contribution in [2.75, 3.05) is 0 Å². The van der Waals surface area contributed by atoms with Crippen LogP contribution in [0.1, 0.15) is 18.4 Å². The molecule has 3 nitrogen and oxygen atoms in total. The Bertz CT molecular complexity index is 468. The largest absolute Gasteiger partial charge is 0.506 e. The van der Waals surface area contributed by atoms with Gasteiger partial charge in [0.05, 0.1) is 16.0 Å². The predicted molar refractivity (Wildman–Crippen MR) is 57.3 cm³/mol. The molecule has 0 spiro atoms. The number of nitrogens with zero attached hydrogens (tertiary/aromatic N) is 1. The Hall–Kier alpha value is -1.34. The van der Waals surface area contributed by atoms with Crippen LogP contribution >= 0.6 is 15.9 Å². The van der Waals surface area contributed by atoms with Crippen LogP contribution in [0.3, 0.4) is 0 Å². The summed E-state index contributed by atoms with van der Waals surface area (Å²) in [6, 6.07) is 7.27. The lowest BCUT2D eigenvalue weighted by molar-refractivity contribution is -0.126. The van der Waals surface area contributed by atoms with Gasteiger partial charge in [0.25, 0.3) is 0 Å². The van der Waals surface area contributed by atoms with Crippen molar-refractivity contribution in [2.24, 2.45) is 0 Å². The molecule has 0 saturated heterocycles. The number of benzene rings is 1. The number of rotatable bonds is 1. The summed E-state index contributed by atoms with van der Waals surface area (Å²) in [5.41, 5.74) is -0.274. The van der Waals surface area contributed by atoms with Crippen molar-refractivity contribution in [3.63, 3.8) is 0 Å². The lowest BCUT2D eigenvalue weighted by atomic mass is 9.64. The second-order valence-electron chi connectivity index (χ2n) is 3.72. The summed E-state index contributed by atoms with van der Waals surface area (Å²) in [4.78, 5) is 11.0. The van der Waals surface area contributed by atoms with Crippen molar-refractivity contribution >= 4 is 21.7 Å². The van der Waals surface area contributed by atoms with Crippen LogP contribution < -0.4 is 0 Å². The first kappa shape index (κ1) is 10.2. The first-order chi connectivity index (χ1) is 7.09. The fourth-order valence-corrected chi connectivity index (χ4v) is 2.22. The highest BCUT2D eigenvalue weighted by atomic mass is 79.9. The molecule has 0 bridgehead atoms. The molecule has 0 unspecified atom stereocenters. The van der Waals surface area contributed by atoms with E-state index in [1.165, 1.54) is 0 Å². The Morgan fingerprint density at radius 3 is 2.67 bits per heavy atom. The summed E-state index contributed by atoms with van der Waals surface area (Å²) in [6.07, 6.45) is 0.404. The van der Waals surface area contributed by atoms with Gasteiger partial charge in [-0.2, -0.15) is 5.26 Å². The first-order valence-corrected chi connectivity index (χ1v) is 5.29. The third kappa shape index (κ3) is 1.44. The smallest absolute Gasteiger partial charge is 0.136 e. The number of hydrogen-bond donors (Lipinski definition) is 1. The van der Waals surface area contributed by atoms with Gasteiger partial charge < -0.3 is 5.11 Å². The summed E-state index contributed by atoms with van der Waals surface area (Å²) in [6.45, 7) is 0. The zero-order chi connectivity index (χ0) is 11.1. The van der Waals surface area contributed by atoms with Crippen molar-refractivity contribution in [3.8, 4) is 11.8 Å². The molecule has 1 N–H and O–H groups in total. The highest BCUT2D eigenvalue weighted by Crippen LogP contribution is 2.46. The number of nitriles is 1. The lowest BCUT2D eigenvalue weighted by Crippen LogP contribution is -2.40. The number of ketones is 1. The van der Waals surface area contributed by atoms with E-state index in [1.54, 1.807) is 18.2 Å². The van der Waals surface area contributed by atoms with Crippen LogP contribution in [0.4, 0.5) is 0 Å². The zero-order valence-electron chi connectivity index (χ0n) is 7.83. The minimum atomic E-state index is -0.815. The monoisotopic (exact) mass is 265 g/mol. The van der Waals surface area contributed by atoms with Gasteiger partial charge in [-0.3, -0.25) is 4.79 Å². The van der Waals surface area contributed by atoms with Crippen LogP contribution in [-0.4, -0.2) is 10.9 Å². The minimum absolute atomic E-state index is 0.0616. The number of phenols is 1. The average molecular weight is 266 g/mol. The molecule has 4 heteroatoms. The Morgan fingerprint density at radius 2 is 2.13 bits per heavy atom. The Balaban J connectivity index is 2.50. The maximum atomic E-state index is 11.0. The second-order valence-corrected chi connectivity index (χ2v) is 4.58. The van der Waals surface area contributed by atoms with Crippen molar-refractivity contribution < 1.29 is 9.90 Å². The maximum Gasteiger partial charge on any atom is 0.136 e. The number of phenolic OH excluding ortho intramolecular Hbond substituents is 1. The van der Waals surface area contributed by atoms with Gasteiger partial charge in [-0.25, -0.2) is 0 Å². The molecule has 1 saturated carbocycles. The normalized spacial score (nSPS) is 18.0. The topological polar surface area (TPSA) is 61.1 Å². The number of para-hydroxylation sites is 1. The van der Waals surface area contributed by atoms with E-state index in [4.69, 9.17) is 5.26 Å². The molecule has 0 radical (unpaired) electrons. The number of carbonyl (C=O) groups excluding carboxylic acids is 1. The molecule has 1 aliphatic carbocycles. The number of carbonyl (C=O) groups is 1. The molecule has 15 heavy (non-hydrogen) atoms. The fraction of sp³-hybridized carbons (Fsp3) is 0.273. The van der Waals surface area contributed by atoms with Crippen LogP contribution in [0.5, 0.6) is 5.75 Å². The summed E-state index contributed by atoms with van der Waals surface area (Å²) >= 11 is 3.19. The van der Waals surface area contributed by atoms with E-state index in [-0.39, 0.29) is 24.4 Å². The molecule has 1 aliphatic rings. The number of aromatic hydroxyl groups is 1. The Kier molecular flexibility index (Phi) is 2.28. The van der Waals surface area contributed by atoms with Crippen molar-refractivity contribution in [2.45, 2.75) is 18.3 Å². The van der Waals surface area contributed by atoms with E-state index >= 15 is 0 Å². The van der Waals surface area contributed by atoms with Gasteiger partial charge in [-0.1, -0.05) is 12.1 Å². The van der Waals surface area contributed by atoms with E-state index in [1.807, 2.05) is 0 Å².